The number of ether oxygens (including phenoxy) is 1. The van der Waals surface area contributed by atoms with Crippen molar-refractivity contribution in [1.82, 2.24) is 15.2 Å². The molecule has 1 aromatic heterocycles. The Kier molecular flexibility index (Phi) is 6.68. The zero-order valence-electron chi connectivity index (χ0n) is 20.7. The van der Waals surface area contributed by atoms with Crippen molar-refractivity contribution in [3.8, 4) is 34.1 Å². The van der Waals surface area contributed by atoms with Gasteiger partial charge in [0.15, 0.2) is 0 Å². The van der Waals surface area contributed by atoms with E-state index in [1.165, 1.54) is 19.1 Å². The number of halogens is 2. The molecule has 3 heterocycles. The molecule has 3 aromatic rings. The average Bonchev–Trinajstić information content (AvgIpc) is 2.90. The molecule has 5 rings (SSSR count). The molecule has 8 nitrogen and oxygen atoms in total. The van der Waals surface area contributed by atoms with Crippen molar-refractivity contribution in [2.75, 3.05) is 25.4 Å². The highest BCUT2D eigenvalue weighted by Crippen LogP contribution is 2.36. The lowest BCUT2D eigenvalue weighted by Crippen LogP contribution is -2.40. The summed E-state index contributed by atoms with van der Waals surface area (Å²) in [6.45, 7) is 3.12. The summed E-state index contributed by atoms with van der Waals surface area (Å²) < 4.78 is 36.1. The van der Waals surface area contributed by atoms with Gasteiger partial charge in [-0.3, -0.25) is 9.59 Å². The van der Waals surface area contributed by atoms with Crippen LogP contribution < -0.4 is 15.8 Å². The number of carbonyl (C=O) groups is 2. The number of hydrogen-bond donors (Lipinski definition) is 2. The van der Waals surface area contributed by atoms with Gasteiger partial charge in [-0.1, -0.05) is 6.07 Å². The van der Waals surface area contributed by atoms with Gasteiger partial charge < -0.3 is 20.7 Å². The molecule has 0 radical (unpaired) electrons. The van der Waals surface area contributed by atoms with Crippen LogP contribution in [0.4, 0.5) is 14.6 Å². The number of amides is 2. The number of fused-ring (bicyclic) bond motifs is 1. The van der Waals surface area contributed by atoms with Crippen LogP contribution in [0.25, 0.3) is 22.3 Å². The lowest BCUT2D eigenvalue weighted by Gasteiger charge is -2.31. The van der Waals surface area contributed by atoms with Crippen LogP contribution in [0.15, 0.2) is 36.4 Å². The molecule has 0 aliphatic carbocycles. The third kappa shape index (κ3) is 4.75. The number of benzene rings is 2. The highest BCUT2D eigenvalue weighted by atomic mass is 19.1. The number of nitrogen functional groups attached to an aromatic ring is 1. The van der Waals surface area contributed by atoms with Crippen molar-refractivity contribution in [1.29, 1.82) is 5.26 Å². The van der Waals surface area contributed by atoms with Crippen LogP contribution >= 0.6 is 0 Å². The molecule has 0 saturated carbocycles. The van der Waals surface area contributed by atoms with Gasteiger partial charge in [-0.05, 0) is 47.9 Å². The third-order valence-corrected chi connectivity index (χ3v) is 7.01. The summed E-state index contributed by atoms with van der Waals surface area (Å²) in [5, 5.41) is 12.4. The first-order valence-corrected chi connectivity index (χ1v) is 12.3. The van der Waals surface area contributed by atoms with Crippen molar-refractivity contribution in [2.24, 2.45) is 0 Å². The maximum atomic E-state index is 15.1. The quantitative estimate of drug-likeness (QED) is 0.508. The minimum Gasteiger partial charge on any atom is -0.489 e. The lowest BCUT2D eigenvalue weighted by atomic mass is 9.93. The van der Waals surface area contributed by atoms with E-state index in [-0.39, 0.29) is 51.6 Å². The Morgan fingerprint density at radius 1 is 1.13 bits per heavy atom. The number of pyridine rings is 1. The molecule has 2 amide bonds. The van der Waals surface area contributed by atoms with Gasteiger partial charge in [-0.2, -0.15) is 9.65 Å². The number of nitriles is 1. The molecule has 194 valence electrons. The van der Waals surface area contributed by atoms with Crippen molar-refractivity contribution >= 4 is 17.6 Å². The molecular weight excluding hydrogens is 492 g/mol. The maximum absolute atomic E-state index is 15.1. The minimum absolute atomic E-state index is 0.0183. The van der Waals surface area contributed by atoms with E-state index < -0.39 is 11.8 Å². The Hall–Kier alpha value is -4.52. The highest BCUT2D eigenvalue weighted by Gasteiger charge is 2.25. The minimum atomic E-state index is -0.863. The summed E-state index contributed by atoms with van der Waals surface area (Å²) in [6, 6.07) is 10.9. The fourth-order valence-corrected chi connectivity index (χ4v) is 4.93. The lowest BCUT2D eigenvalue weighted by molar-refractivity contribution is -0.130. The summed E-state index contributed by atoms with van der Waals surface area (Å²) >= 11 is 0. The summed E-state index contributed by atoms with van der Waals surface area (Å²) in [5.41, 5.74) is 7.81. The van der Waals surface area contributed by atoms with Gasteiger partial charge in [0.1, 0.15) is 29.6 Å². The monoisotopic (exact) mass is 517 g/mol. The maximum Gasteiger partial charge on any atom is 0.251 e. The van der Waals surface area contributed by atoms with Crippen LogP contribution in [-0.4, -0.2) is 47.4 Å². The van der Waals surface area contributed by atoms with E-state index in [0.717, 1.165) is 6.07 Å². The predicted octanol–water partition coefficient (Wildman–Crippen LogP) is 3.82. The molecule has 0 unspecified atom stereocenters. The van der Waals surface area contributed by atoms with E-state index in [2.05, 4.69) is 16.4 Å². The second-order valence-electron chi connectivity index (χ2n) is 9.40. The molecule has 2 aromatic carbocycles. The zero-order valence-corrected chi connectivity index (χ0v) is 20.7. The van der Waals surface area contributed by atoms with Crippen LogP contribution in [0.3, 0.4) is 0 Å². The number of carbonyl (C=O) groups excluding carboxylic acids is 2. The van der Waals surface area contributed by atoms with Gasteiger partial charge in [0, 0.05) is 61.7 Å². The number of rotatable bonds is 4. The second-order valence-corrected chi connectivity index (χ2v) is 9.40. The number of nitrogens with zero attached hydrogens (tertiary/aromatic N) is 3. The topological polar surface area (TPSA) is 121 Å². The van der Waals surface area contributed by atoms with Gasteiger partial charge >= 0.3 is 0 Å². The molecule has 2 aliphatic rings. The predicted molar refractivity (Wildman–Crippen MR) is 136 cm³/mol. The van der Waals surface area contributed by atoms with E-state index in [4.69, 9.17) is 10.5 Å². The number of anilines is 1. The van der Waals surface area contributed by atoms with E-state index in [1.54, 1.807) is 23.1 Å². The van der Waals surface area contributed by atoms with Crippen molar-refractivity contribution in [3.63, 3.8) is 0 Å². The van der Waals surface area contributed by atoms with Gasteiger partial charge in [-0.25, -0.2) is 9.37 Å². The fourth-order valence-electron chi connectivity index (χ4n) is 4.93. The van der Waals surface area contributed by atoms with Crippen molar-refractivity contribution < 1.29 is 23.1 Å². The Bertz CT molecular complexity index is 1490. The molecule has 10 heteroatoms. The Labute approximate surface area is 218 Å². The number of aromatic nitrogens is 1. The van der Waals surface area contributed by atoms with Gasteiger partial charge in [-0.15, -0.1) is 0 Å². The molecule has 3 N–H and O–H groups in total. The average molecular weight is 518 g/mol. The normalized spacial score (nSPS) is 15.4. The number of piperidine rings is 1. The molecule has 1 fully saturated rings. The summed E-state index contributed by atoms with van der Waals surface area (Å²) in [4.78, 5) is 29.2. The van der Waals surface area contributed by atoms with Crippen LogP contribution in [-0.2, 0) is 11.2 Å². The fraction of sp³-hybridized carbons (Fsp3) is 0.286. The number of nitrogens with two attached hydrogens (primary N) is 1. The number of likely N-dealkylation sites (tertiary alicyclic amines) is 1. The van der Waals surface area contributed by atoms with E-state index in [0.29, 0.717) is 55.8 Å². The Balaban J connectivity index is 1.46. The third-order valence-electron chi connectivity index (χ3n) is 7.01. The molecule has 38 heavy (non-hydrogen) atoms. The van der Waals surface area contributed by atoms with Crippen LogP contribution in [0.1, 0.15) is 41.3 Å². The van der Waals surface area contributed by atoms with Crippen LogP contribution in [0, 0.1) is 23.1 Å². The van der Waals surface area contributed by atoms with Crippen LogP contribution in [0.2, 0.25) is 0 Å². The summed E-state index contributed by atoms with van der Waals surface area (Å²) in [7, 11) is 0. The van der Waals surface area contributed by atoms with E-state index in [1.807, 2.05) is 0 Å². The summed E-state index contributed by atoms with van der Waals surface area (Å²) in [6.07, 6.45) is 1.65. The molecule has 0 bridgehead atoms. The molecule has 2 aliphatic heterocycles. The smallest absolute Gasteiger partial charge is 0.251 e. The molecule has 0 atom stereocenters. The molecule has 1 saturated heterocycles. The zero-order chi connectivity index (χ0) is 27.0. The highest BCUT2D eigenvalue weighted by molar-refractivity contribution is 5.97. The molecular formula is C28H25F2N5O3. The van der Waals surface area contributed by atoms with Crippen molar-refractivity contribution in [2.45, 2.75) is 32.3 Å². The van der Waals surface area contributed by atoms with Gasteiger partial charge in [0.2, 0.25) is 11.9 Å². The van der Waals surface area contributed by atoms with E-state index >= 15 is 4.39 Å². The molecule has 0 spiro atoms. The first-order valence-electron chi connectivity index (χ1n) is 12.3. The van der Waals surface area contributed by atoms with E-state index in [9.17, 15) is 19.2 Å². The van der Waals surface area contributed by atoms with Crippen LogP contribution in [0.5, 0.6) is 5.75 Å². The first kappa shape index (κ1) is 25.1. The van der Waals surface area contributed by atoms with Gasteiger partial charge in [0.25, 0.3) is 5.91 Å². The Morgan fingerprint density at radius 2 is 1.89 bits per heavy atom. The number of nitrogens with one attached hydrogen (secondary N) is 1. The van der Waals surface area contributed by atoms with Gasteiger partial charge in [0.05, 0.1) is 5.56 Å². The van der Waals surface area contributed by atoms with Crippen molar-refractivity contribution in [3.05, 3.63) is 64.9 Å². The second kappa shape index (κ2) is 10.1. The number of hydrogen-bond acceptors (Lipinski definition) is 6. The first-order chi connectivity index (χ1) is 18.2. The summed E-state index contributed by atoms with van der Waals surface area (Å²) in [5.74, 6) is -1.70. The Morgan fingerprint density at radius 3 is 2.61 bits per heavy atom. The SMILES string of the molecule is CC(=O)N1CCC(Oc2ccc(-c3cc(-c4cc5c(cc4F)C(=O)NCC5)c(N)nc3F)cc2C#N)CC1. The largest absolute Gasteiger partial charge is 0.489 e. The standard InChI is InChI=1S/C28H25F2N5O3/c1-15(36)35-8-5-19(6-9-35)38-25-3-2-16(10-18(25)14-31)20-12-23(27(32)34-26(20)30)22-11-17-4-7-33-28(37)21(17)13-24(22)29/h2-3,10-13,19H,4-9H2,1H3,(H2,32,34)(H,33,37).